The molecule has 55 valence electrons. The standard InChI is InChI=1S/C8H5INO/c9-8-2-1-6(4-10)3-7(8)5-11/h1-3,5,11H. The van der Waals surface area contributed by atoms with Crippen LogP contribution in [-0.4, -0.2) is 5.11 Å². The zero-order chi connectivity index (χ0) is 8.27. The highest BCUT2D eigenvalue weighted by molar-refractivity contribution is 14.1. The molecule has 0 atom stereocenters. The van der Waals surface area contributed by atoms with E-state index in [0.717, 1.165) is 10.2 Å². The lowest BCUT2D eigenvalue weighted by Gasteiger charge is -1.98. The smallest absolute Gasteiger partial charge is 0.110 e. The minimum Gasteiger partial charge on any atom is -0.385 e. The summed E-state index contributed by atoms with van der Waals surface area (Å²) in [6, 6.07) is 7.14. The van der Waals surface area contributed by atoms with Gasteiger partial charge in [0, 0.05) is 3.57 Å². The number of aliphatic hydroxyl groups is 1. The van der Waals surface area contributed by atoms with Gasteiger partial charge in [-0.05, 0) is 46.4 Å². The van der Waals surface area contributed by atoms with E-state index in [0.29, 0.717) is 11.1 Å². The van der Waals surface area contributed by atoms with Crippen LogP contribution in [-0.2, 0) is 0 Å². The van der Waals surface area contributed by atoms with Crippen LogP contribution in [0.3, 0.4) is 0 Å². The fourth-order valence-corrected chi connectivity index (χ4v) is 1.19. The van der Waals surface area contributed by atoms with Crippen LogP contribution in [0.4, 0.5) is 0 Å². The number of nitriles is 1. The number of halogens is 1. The summed E-state index contributed by atoms with van der Waals surface area (Å²) < 4.78 is 0.934. The SMILES string of the molecule is N#Cc1ccc(I)c([CH]O)c1. The van der Waals surface area contributed by atoms with Crippen molar-refractivity contribution in [2.24, 2.45) is 0 Å². The van der Waals surface area contributed by atoms with Gasteiger partial charge in [-0.15, -0.1) is 0 Å². The van der Waals surface area contributed by atoms with E-state index in [1.54, 1.807) is 18.2 Å². The van der Waals surface area contributed by atoms with Crippen molar-refractivity contribution in [3.05, 3.63) is 39.5 Å². The number of benzene rings is 1. The molecule has 1 aromatic rings. The first-order chi connectivity index (χ1) is 5.27. The Morgan fingerprint density at radius 2 is 2.27 bits per heavy atom. The van der Waals surface area contributed by atoms with Crippen molar-refractivity contribution in [1.82, 2.24) is 0 Å². The van der Waals surface area contributed by atoms with E-state index in [9.17, 15) is 0 Å². The van der Waals surface area contributed by atoms with Crippen LogP contribution < -0.4 is 0 Å². The number of nitrogens with zero attached hydrogens (tertiary/aromatic N) is 1. The predicted molar refractivity (Wildman–Crippen MR) is 49.2 cm³/mol. The molecule has 11 heavy (non-hydrogen) atoms. The fraction of sp³-hybridized carbons (Fsp3) is 0. The molecule has 0 aliphatic rings. The van der Waals surface area contributed by atoms with Gasteiger partial charge >= 0.3 is 0 Å². The Bertz CT molecular complexity index is 303. The zero-order valence-corrected chi connectivity index (χ0v) is 7.74. The van der Waals surface area contributed by atoms with E-state index >= 15 is 0 Å². The van der Waals surface area contributed by atoms with E-state index in [1.807, 2.05) is 6.07 Å². The Morgan fingerprint density at radius 3 is 2.82 bits per heavy atom. The highest BCUT2D eigenvalue weighted by Crippen LogP contribution is 2.14. The van der Waals surface area contributed by atoms with E-state index < -0.39 is 0 Å². The number of hydrogen-bond donors (Lipinski definition) is 1. The molecular weight excluding hydrogens is 253 g/mol. The third kappa shape index (κ3) is 1.91. The first kappa shape index (κ1) is 8.50. The van der Waals surface area contributed by atoms with Gasteiger partial charge in [0.1, 0.15) is 6.61 Å². The maximum atomic E-state index is 8.70. The summed E-state index contributed by atoms with van der Waals surface area (Å²) in [5.41, 5.74) is 1.25. The normalized spacial score (nSPS) is 9.18. The Balaban J connectivity index is 3.15. The molecule has 0 aromatic heterocycles. The summed E-state index contributed by atoms with van der Waals surface area (Å²) in [6.45, 7) is 1.00. The summed E-state index contributed by atoms with van der Waals surface area (Å²) >= 11 is 2.09. The van der Waals surface area contributed by atoms with Crippen molar-refractivity contribution in [2.45, 2.75) is 0 Å². The number of hydrogen-bond acceptors (Lipinski definition) is 2. The minimum atomic E-state index is 0.561. The average molecular weight is 258 g/mol. The summed E-state index contributed by atoms with van der Waals surface area (Å²) in [7, 11) is 0. The molecule has 2 nitrogen and oxygen atoms in total. The molecule has 1 rings (SSSR count). The largest absolute Gasteiger partial charge is 0.385 e. The molecule has 0 aliphatic carbocycles. The molecule has 1 N–H and O–H groups in total. The number of rotatable bonds is 1. The Kier molecular flexibility index (Phi) is 2.85. The first-order valence-corrected chi connectivity index (χ1v) is 4.03. The molecule has 0 amide bonds. The molecule has 0 fully saturated rings. The second kappa shape index (κ2) is 3.69. The maximum absolute atomic E-state index is 8.70. The molecule has 0 bridgehead atoms. The predicted octanol–water partition coefficient (Wildman–Crippen LogP) is 2.05. The second-order valence-corrected chi connectivity index (χ2v) is 3.14. The Morgan fingerprint density at radius 1 is 1.55 bits per heavy atom. The fourth-order valence-electron chi connectivity index (χ4n) is 0.712. The van der Waals surface area contributed by atoms with Crippen molar-refractivity contribution >= 4 is 22.6 Å². The quantitative estimate of drug-likeness (QED) is 0.783. The molecule has 0 heterocycles. The van der Waals surface area contributed by atoms with Gasteiger partial charge in [0.25, 0.3) is 0 Å². The molecule has 0 spiro atoms. The highest BCUT2D eigenvalue weighted by atomic mass is 127. The van der Waals surface area contributed by atoms with Gasteiger partial charge < -0.3 is 5.11 Å². The molecule has 0 saturated carbocycles. The highest BCUT2D eigenvalue weighted by Gasteiger charge is 1.99. The third-order valence-electron chi connectivity index (χ3n) is 1.26. The lowest BCUT2D eigenvalue weighted by Crippen LogP contribution is -1.86. The minimum absolute atomic E-state index is 0.561. The van der Waals surface area contributed by atoms with Gasteiger partial charge in [-0.3, -0.25) is 0 Å². The summed E-state index contributed by atoms with van der Waals surface area (Å²) in [5, 5.41) is 17.2. The van der Waals surface area contributed by atoms with Crippen molar-refractivity contribution in [3.63, 3.8) is 0 Å². The lowest BCUT2D eigenvalue weighted by atomic mass is 10.1. The molecule has 1 radical (unpaired) electrons. The molecule has 3 heteroatoms. The second-order valence-electron chi connectivity index (χ2n) is 1.98. The molecule has 1 aromatic carbocycles. The molecule has 0 unspecified atom stereocenters. The van der Waals surface area contributed by atoms with Crippen molar-refractivity contribution < 1.29 is 5.11 Å². The molecular formula is C8H5INO. The van der Waals surface area contributed by atoms with Crippen LogP contribution >= 0.6 is 22.6 Å². The van der Waals surface area contributed by atoms with Crippen LogP contribution in [0.25, 0.3) is 0 Å². The van der Waals surface area contributed by atoms with E-state index in [1.165, 1.54) is 0 Å². The number of aliphatic hydroxyl groups excluding tert-OH is 1. The molecule has 0 saturated heterocycles. The topological polar surface area (TPSA) is 44.0 Å². The van der Waals surface area contributed by atoms with Crippen LogP contribution in [0.1, 0.15) is 11.1 Å². The third-order valence-corrected chi connectivity index (χ3v) is 2.25. The van der Waals surface area contributed by atoms with E-state index in [2.05, 4.69) is 22.6 Å². The van der Waals surface area contributed by atoms with Crippen molar-refractivity contribution in [3.8, 4) is 6.07 Å². The van der Waals surface area contributed by atoms with Gasteiger partial charge in [0.05, 0.1) is 11.6 Å². The zero-order valence-electron chi connectivity index (χ0n) is 5.58. The van der Waals surface area contributed by atoms with Crippen molar-refractivity contribution in [2.75, 3.05) is 0 Å². The van der Waals surface area contributed by atoms with Gasteiger partial charge in [-0.25, -0.2) is 0 Å². The summed E-state index contributed by atoms with van der Waals surface area (Å²) in [6.07, 6.45) is 0. The summed E-state index contributed by atoms with van der Waals surface area (Å²) in [5.74, 6) is 0. The lowest BCUT2D eigenvalue weighted by molar-refractivity contribution is 0.414. The van der Waals surface area contributed by atoms with Crippen LogP contribution in [0.5, 0.6) is 0 Å². The van der Waals surface area contributed by atoms with Crippen molar-refractivity contribution in [1.29, 1.82) is 5.26 Å². The summed E-state index contributed by atoms with van der Waals surface area (Å²) in [4.78, 5) is 0. The van der Waals surface area contributed by atoms with Crippen LogP contribution in [0, 0.1) is 21.5 Å². The van der Waals surface area contributed by atoms with Gasteiger partial charge in [-0.1, -0.05) is 0 Å². The Hall–Kier alpha value is -0.600. The average Bonchev–Trinajstić information content (AvgIpc) is 2.05. The van der Waals surface area contributed by atoms with Crippen LogP contribution in [0.15, 0.2) is 18.2 Å². The van der Waals surface area contributed by atoms with Gasteiger partial charge in [0.2, 0.25) is 0 Å². The van der Waals surface area contributed by atoms with E-state index in [-0.39, 0.29) is 0 Å². The Labute approximate surface area is 78.6 Å². The van der Waals surface area contributed by atoms with E-state index in [4.69, 9.17) is 10.4 Å². The first-order valence-electron chi connectivity index (χ1n) is 2.95. The van der Waals surface area contributed by atoms with Gasteiger partial charge in [-0.2, -0.15) is 5.26 Å². The van der Waals surface area contributed by atoms with Gasteiger partial charge in [0.15, 0.2) is 0 Å². The monoisotopic (exact) mass is 258 g/mol. The molecule has 0 aliphatic heterocycles. The van der Waals surface area contributed by atoms with Crippen LogP contribution in [0.2, 0.25) is 0 Å². The maximum Gasteiger partial charge on any atom is 0.110 e.